The molecule has 0 fully saturated rings. The van der Waals surface area contributed by atoms with Crippen LogP contribution < -0.4 is 14.8 Å². The highest BCUT2D eigenvalue weighted by Gasteiger charge is 2.35. The smallest absolute Gasteiger partial charge is 0.225 e. The minimum atomic E-state index is -0.198. The molecule has 5 nitrogen and oxygen atoms in total. The third kappa shape index (κ3) is 3.16. The van der Waals surface area contributed by atoms with Crippen molar-refractivity contribution in [2.45, 2.75) is 45.4 Å². The number of Topliss-reactive ketones (excluding diaryl/α,β-unsaturated/α-hetero) is 1. The average molecular weight is 329 g/mol. The summed E-state index contributed by atoms with van der Waals surface area (Å²) >= 11 is 0. The lowest BCUT2D eigenvalue weighted by atomic mass is 9.78. The molecule has 1 aromatic carbocycles. The first-order valence-electron chi connectivity index (χ1n) is 8.59. The zero-order chi connectivity index (χ0) is 17.1. The van der Waals surface area contributed by atoms with Crippen LogP contribution in [0.15, 0.2) is 29.5 Å². The summed E-state index contributed by atoms with van der Waals surface area (Å²) < 4.78 is 11.3. The third-order valence-electron chi connectivity index (χ3n) is 4.45. The molecule has 5 heteroatoms. The Kier molecular flexibility index (Phi) is 4.88. The summed E-state index contributed by atoms with van der Waals surface area (Å²) in [4.78, 5) is 24.5. The predicted octanol–water partition coefficient (Wildman–Crippen LogP) is 3.09. The number of rotatable bonds is 5. The van der Waals surface area contributed by atoms with Crippen LogP contribution in [0.4, 0.5) is 0 Å². The van der Waals surface area contributed by atoms with Gasteiger partial charge < -0.3 is 14.8 Å². The molecule has 2 aliphatic rings. The maximum atomic E-state index is 12.4. The fourth-order valence-corrected chi connectivity index (χ4v) is 3.47. The second kappa shape index (κ2) is 7.07. The number of ketones is 1. The molecule has 0 aromatic heterocycles. The Balaban J connectivity index is 2.01. The molecule has 1 unspecified atom stereocenters. The number of amides is 1. The van der Waals surface area contributed by atoms with E-state index in [1.54, 1.807) is 0 Å². The molecule has 1 aliphatic carbocycles. The lowest BCUT2D eigenvalue weighted by molar-refractivity contribution is -0.122. The molecule has 128 valence electrons. The predicted molar refractivity (Wildman–Crippen MR) is 90.2 cm³/mol. The Bertz CT molecular complexity index is 693. The SMILES string of the molecule is CCOc1ccc(C2CC(=O)NC3=C2C(=O)CCC3)cc1OCC. The largest absolute Gasteiger partial charge is 0.490 e. The van der Waals surface area contributed by atoms with E-state index in [4.69, 9.17) is 9.47 Å². The number of hydrogen-bond acceptors (Lipinski definition) is 4. The highest BCUT2D eigenvalue weighted by Crippen LogP contribution is 2.40. The van der Waals surface area contributed by atoms with Gasteiger partial charge in [0, 0.05) is 30.0 Å². The van der Waals surface area contributed by atoms with Gasteiger partial charge in [-0.25, -0.2) is 0 Å². The molecule has 0 bridgehead atoms. The van der Waals surface area contributed by atoms with E-state index in [1.807, 2.05) is 32.0 Å². The Morgan fingerprint density at radius 3 is 2.58 bits per heavy atom. The maximum Gasteiger partial charge on any atom is 0.225 e. The lowest BCUT2D eigenvalue weighted by Crippen LogP contribution is -2.36. The molecule has 1 heterocycles. The van der Waals surface area contributed by atoms with Gasteiger partial charge >= 0.3 is 0 Å². The van der Waals surface area contributed by atoms with Gasteiger partial charge in [0.1, 0.15) is 0 Å². The van der Waals surface area contributed by atoms with Crippen LogP contribution in [0.25, 0.3) is 0 Å². The molecular formula is C19H23NO4. The molecule has 1 aromatic rings. The van der Waals surface area contributed by atoms with E-state index < -0.39 is 0 Å². The molecule has 0 radical (unpaired) electrons. The van der Waals surface area contributed by atoms with Crippen LogP contribution in [-0.4, -0.2) is 24.9 Å². The van der Waals surface area contributed by atoms with Gasteiger partial charge in [0.05, 0.1) is 13.2 Å². The van der Waals surface area contributed by atoms with Gasteiger partial charge in [-0.15, -0.1) is 0 Å². The quantitative estimate of drug-likeness (QED) is 0.901. The maximum absolute atomic E-state index is 12.4. The molecule has 0 saturated carbocycles. The summed E-state index contributed by atoms with van der Waals surface area (Å²) in [6, 6.07) is 5.71. The number of carbonyl (C=O) groups is 2. The van der Waals surface area contributed by atoms with E-state index >= 15 is 0 Å². The number of hydrogen-bond donors (Lipinski definition) is 1. The highest BCUT2D eigenvalue weighted by atomic mass is 16.5. The fraction of sp³-hybridized carbons (Fsp3) is 0.474. The van der Waals surface area contributed by atoms with E-state index in [9.17, 15) is 9.59 Å². The first kappa shape index (κ1) is 16.6. The topological polar surface area (TPSA) is 64.6 Å². The van der Waals surface area contributed by atoms with E-state index in [-0.39, 0.29) is 17.6 Å². The lowest BCUT2D eigenvalue weighted by Gasteiger charge is -2.31. The molecule has 3 rings (SSSR count). The van der Waals surface area contributed by atoms with Crippen molar-refractivity contribution in [2.75, 3.05) is 13.2 Å². The normalized spacial score (nSPS) is 20.5. The molecule has 0 saturated heterocycles. The second-order valence-corrected chi connectivity index (χ2v) is 6.05. The summed E-state index contributed by atoms with van der Waals surface area (Å²) in [5.41, 5.74) is 2.51. The number of allylic oxidation sites excluding steroid dienone is 2. The van der Waals surface area contributed by atoms with Crippen molar-refractivity contribution in [3.63, 3.8) is 0 Å². The van der Waals surface area contributed by atoms with Gasteiger partial charge in [-0.05, 0) is 44.4 Å². The molecule has 24 heavy (non-hydrogen) atoms. The summed E-state index contributed by atoms with van der Waals surface area (Å²) in [7, 11) is 0. The number of nitrogens with one attached hydrogen (secondary N) is 1. The van der Waals surface area contributed by atoms with Crippen molar-refractivity contribution < 1.29 is 19.1 Å². The monoisotopic (exact) mass is 329 g/mol. The van der Waals surface area contributed by atoms with Crippen LogP contribution in [0.5, 0.6) is 11.5 Å². The second-order valence-electron chi connectivity index (χ2n) is 6.05. The van der Waals surface area contributed by atoms with Crippen LogP contribution in [-0.2, 0) is 9.59 Å². The zero-order valence-electron chi connectivity index (χ0n) is 14.2. The summed E-state index contributed by atoms with van der Waals surface area (Å²) in [6.45, 7) is 4.93. The Morgan fingerprint density at radius 2 is 1.83 bits per heavy atom. The van der Waals surface area contributed by atoms with E-state index in [0.717, 1.165) is 29.7 Å². The van der Waals surface area contributed by atoms with Crippen molar-refractivity contribution >= 4 is 11.7 Å². The molecule has 0 spiro atoms. The van der Waals surface area contributed by atoms with Gasteiger partial charge in [-0.3, -0.25) is 9.59 Å². The third-order valence-corrected chi connectivity index (χ3v) is 4.45. The molecular weight excluding hydrogens is 306 g/mol. The van der Waals surface area contributed by atoms with Crippen molar-refractivity contribution in [1.82, 2.24) is 5.32 Å². The van der Waals surface area contributed by atoms with Crippen LogP contribution >= 0.6 is 0 Å². The van der Waals surface area contributed by atoms with Crippen LogP contribution in [0, 0.1) is 0 Å². The zero-order valence-corrected chi connectivity index (χ0v) is 14.2. The molecule has 1 atom stereocenters. The number of carbonyl (C=O) groups excluding carboxylic acids is 2. The standard InChI is InChI=1S/C19H23NO4/c1-3-23-16-9-8-12(10-17(16)24-4-2)13-11-18(22)20-14-6-5-7-15(21)19(13)14/h8-10,13H,3-7,11H2,1-2H3,(H,20,22). The van der Waals surface area contributed by atoms with Crippen molar-refractivity contribution in [2.24, 2.45) is 0 Å². The van der Waals surface area contributed by atoms with Gasteiger partial charge in [-0.2, -0.15) is 0 Å². The molecule has 1 amide bonds. The summed E-state index contributed by atoms with van der Waals surface area (Å²) in [5.74, 6) is 1.27. The van der Waals surface area contributed by atoms with Crippen LogP contribution in [0.2, 0.25) is 0 Å². The van der Waals surface area contributed by atoms with E-state index in [1.165, 1.54) is 0 Å². The first-order chi connectivity index (χ1) is 11.6. The van der Waals surface area contributed by atoms with Gasteiger partial charge in [0.2, 0.25) is 5.91 Å². The molecule has 1 N–H and O–H groups in total. The van der Waals surface area contributed by atoms with Crippen LogP contribution in [0.1, 0.15) is 51.0 Å². The Hall–Kier alpha value is -2.30. The van der Waals surface area contributed by atoms with Crippen molar-refractivity contribution in [3.05, 3.63) is 35.0 Å². The Labute approximate surface area is 142 Å². The average Bonchev–Trinajstić information content (AvgIpc) is 2.56. The fourth-order valence-electron chi connectivity index (χ4n) is 3.47. The van der Waals surface area contributed by atoms with Crippen molar-refractivity contribution in [3.8, 4) is 11.5 Å². The van der Waals surface area contributed by atoms with Gasteiger partial charge in [-0.1, -0.05) is 6.07 Å². The first-order valence-corrected chi connectivity index (χ1v) is 8.59. The van der Waals surface area contributed by atoms with E-state index in [2.05, 4.69) is 5.32 Å². The minimum Gasteiger partial charge on any atom is -0.490 e. The van der Waals surface area contributed by atoms with E-state index in [0.29, 0.717) is 37.6 Å². The molecule has 1 aliphatic heterocycles. The van der Waals surface area contributed by atoms with Crippen LogP contribution in [0.3, 0.4) is 0 Å². The van der Waals surface area contributed by atoms with Gasteiger partial charge in [0.15, 0.2) is 17.3 Å². The summed E-state index contributed by atoms with van der Waals surface area (Å²) in [6.07, 6.45) is 2.42. The minimum absolute atomic E-state index is 0.0275. The van der Waals surface area contributed by atoms with Gasteiger partial charge in [0.25, 0.3) is 0 Å². The Morgan fingerprint density at radius 1 is 1.08 bits per heavy atom. The van der Waals surface area contributed by atoms with Crippen molar-refractivity contribution in [1.29, 1.82) is 0 Å². The highest BCUT2D eigenvalue weighted by molar-refractivity contribution is 6.01. The number of benzene rings is 1. The number of ether oxygens (including phenoxy) is 2. The summed E-state index contributed by atoms with van der Waals surface area (Å²) in [5, 5.41) is 2.88.